The molecule has 2 heteroatoms. The number of hydrogen-bond acceptors (Lipinski definition) is 2. The van der Waals surface area contributed by atoms with E-state index in [0.717, 1.165) is 17.7 Å². The van der Waals surface area contributed by atoms with E-state index in [4.69, 9.17) is 9.47 Å². The Morgan fingerprint density at radius 2 is 1.34 bits per heavy atom. The van der Waals surface area contributed by atoms with E-state index >= 15 is 0 Å². The molecule has 0 spiro atoms. The predicted octanol–water partition coefficient (Wildman–Crippen LogP) is 7.62. The van der Waals surface area contributed by atoms with Crippen LogP contribution in [0, 0.1) is 0 Å². The normalized spacial score (nSPS) is 13.5. The number of ether oxygens (including phenoxy) is 2. The molecule has 0 saturated carbocycles. The molecule has 29 heavy (non-hydrogen) atoms. The molecular weight excluding hydrogens is 356 g/mol. The van der Waals surface area contributed by atoms with Crippen LogP contribution in [0.15, 0.2) is 78.9 Å². The van der Waals surface area contributed by atoms with Crippen LogP contribution in [0.5, 0.6) is 5.75 Å². The lowest BCUT2D eigenvalue weighted by Crippen LogP contribution is -2.13. The lowest BCUT2D eigenvalue weighted by Gasteiger charge is -2.23. The topological polar surface area (TPSA) is 18.5 Å². The molecule has 0 aliphatic carbocycles. The molecule has 0 radical (unpaired) electrons. The third-order valence-corrected chi connectivity index (χ3v) is 5.67. The smallest absolute Gasteiger partial charge is 0.227 e. The van der Waals surface area contributed by atoms with Gasteiger partial charge in [0.2, 0.25) is 6.29 Å². The van der Waals surface area contributed by atoms with Gasteiger partial charge in [0.1, 0.15) is 5.75 Å². The van der Waals surface area contributed by atoms with Crippen molar-refractivity contribution in [3.05, 3.63) is 90.0 Å². The summed E-state index contributed by atoms with van der Waals surface area (Å²) in [6, 6.07) is 27.6. The standard InChI is InChI=1S/C27H28O2/c1-4-19(3)20-14-16-23(17-15-20)29-27(28-5-2)26-24-12-8-6-10-21(24)18-22-11-7-9-13-25(22)26/h6-19,27H,4-5H2,1-3H3. The van der Waals surface area contributed by atoms with Gasteiger partial charge >= 0.3 is 0 Å². The fourth-order valence-electron chi connectivity index (χ4n) is 3.86. The van der Waals surface area contributed by atoms with Crippen molar-refractivity contribution >= 4 is 21.5 Å². The highest BCUT2D eigenvalue weighted by molar-refractivity contribution is 6.02. The lowest BCUT2D eigenvalue weighted by atomic mass is 9.96. The highest BCUT2D eigenvalue weighted by atomic mass is 16.7. The first kappa shape index (κ1) is 19.5. The Kier molecular flexibility index (Phi) is 5.82. The minimum absolute atomic E-state index is 0.467. The van der Waals surface area contributed by atoms with Crippen molar-refractivity contribution in [1.82, 2.24) is 0 Å². The molecular formula is C27H28O2. The highest BCUT2D eigenvalue weighted by Crippen LogP contribution is 2.36. The van der Waals surface area contributed by atoms with Gasteiger partial charge < -0.3 is 9.47 Å². The molecule has 0 amide bonds. The Morgan fingerprint density at radius 1 is 0.759 bits per heavy atom. The second kappa shape index (κ2) is 8.67. The summed E-state index contributed by atoms with van der Waals surface area (Å²) in [5, 5.41) is 4.73. The molecule has 0 saturated heterocycles. The molecule has 0 aliphatic rings. The summed E-state index contributed by atoms with van der Waals surface area (Å²) in [5.74, 6) is 1.38. The molecule has 0 N–H and O–H groups in total. The van der Waals surface area contributed by atoms with Crippen molar-refractivity contribution in [2.75, 3.05) is 6.61 Å². The van der Waals surface area contributed by atoms with E-state index in [-0.39, 0.29) is 0 Å². The van der Waals surface area contributed by atoms with Crippen LogP contribution in [-0.4, -0.2) is 6.61 Å². The number of benzene rings is 4. The van der Waals surface area contributed by atoms with Crippen molar-refractivity contribution in [3.8, 4) is 5.75 Å². The molecule has 148 valence electrons. The Labute approximate surface area is 173 Å². The summed E-state index contributed by atoms with van der Waals surface area (Å²) < 4.78 is 12.5. The second-order valence-electron chi connectivity index (χ2n) is 7.52. The SMILES string of the molecule is CCOC(Oc1ccc(C(C)CC)cc1)c1c2ccccc2cc2ccccc12. The quantitative estimate of drug-likeness (QED) is 0.241. The van der Waals surface area contributed by atoms with Gasteiger partial charge in [-0.25, -0.2) is 0 Å². The van der Waals surface area contributed by atoms with Crippen molar-refractivity contribution in [3.63, 3.8) is 0 Å². The molecule has 0 aliphatic heterocycles. The van der Waals surface area contributed by atoms with Crippen LogP contribution in [-0.2, 0) is 4.74 Å². The van der Waals surface area contributed by atoms with Crippen LogP contribution in [0.2, 0.25) is 0 Å². The average molecular weight is 385 g/mol. The van der Waals surface area contributed by atoms with Crippen molar-refractivity contribution in [2.45, 2.75) is 39.4 Å². The monoisotopic (exact) mass is 384 g/mol. The summed E-state index contributed by atoms with van der Waals surface area (Å²) in [6.07, 6.45) is 0.662. The van der Waals surface area contributed by atoms with E-state index < -0.39 is 6.29 Å². The summed E-state index contributed by atoms with van der Waals surface area (Å²) in [7, 11) is 0. The first-order valence-corrected chi connectivity index (χ1v) is 10.5. The Bertz CT molecular complexity index is 1040. The summed E-state index contributed by atoms with van der Waals surface area (Å²) in [4.78, 5) is 0. The molecule has 0 heterocycles. The van der Waals surface area contributed by atoms with Crippen molar-refractivity contribution in [1.29, 1.82) is 0 Å². The van der Waals surface area contributed by atoms with Crippen LogP contribution >= 0.6 is 0 Å². The van der Waals surface area contributed by atoms with Crippen LogP contribution < -0.4 is 4.74 Å². The van der Waals surface area contributed by atoms with Gasteiger partial charge in [-0.2, -0.15) is 0 Å². The second-order valence-corrected chi connectivity index (χ2v) is 7.52. The molecule has 0 aromatic heterocycles. The summed E-state index contributed by atoms with van der Waals surface area (Å²) in [6.45, 7) is 7.05. The maximum absolute atomic E-state index is 6.40. The van der Waals surface area contributed by atoms with Gasteiger partial charge in [-0.1, -0.05) is 74.5 Å². The maximum Gasteiger partial charge on any atom is 0.227 e. The third-order valence-electron chi connectivity index (χ3n) is 5.67. The van der Waals surface area contributed by atoms with E-state index in [9.17, 15) is 0 Å². The minimum Gasteiger partial charge on any atom is -0.461 e. The van der Waals surface area contributed by atoms with E-state index in [1.54, 1.807) is 0 Å². The molecule has 4 aromatic rings. The minimum atomic E-state index is -0.467. The number of rotatable bonds is 7. The zero-order chi connectivity index (χ0) is 20.2. The van der Waals surface area contributed by atoms with E-state index in [1.807, 2.05) is 6.92 Å². The largest absolute Gasteiger partial charge is 0.461 e. The first-order valence-electron chi connectivity index (χ1n) is 10.5. The summed E-state index contributed by atoms with van der Waals surface area (Å²) in [5.41, 5.74) is 2.43. The van der Waals surface area contributed by atoms with Gasteiger partial charge in [0.25, 0.3) is 0 Å². The molecule has 0 bridgehead atoms. The summed E-state index contributed by atoms with van der Waals surface area (Å²) >= 11 is 0. The zero-order valence-corrected chi connectivity index (χ0v) is 17.4. The fraction of sp³-hybridized carbons (Fsp3) is 0.259. The highest BCUT2D eigenvalue weighted by Gasteiger charge is 2.20. The maximum atomic E-state index is 6.40. The van der Waals surface area contributed by atoms with Gasteiger partial charge in [0, 0.05) is 12.2 Å². The number of hydrogen-bond donors (Lipinski definition) is 0. The van der Waals surface area contributed by atoms with Crippen molar-refractivity contribution in [2.24, 2.45) is 0 Å². The van der Waals surface area contributed by atoms with Crippen LogP contribution in [0.1, 0.15) is 50.5 Å². The van der Waals surface area contributed by atoms with Gasteiger partial charge in [0.15, 0.2) is 0 Å². The molecule has 4 rings (SSSR count). The number of fused-ring (bicyclic) bond motifs is 2. The zero-order valence-electron chi connectivity index (χ0n) is 17.4. The molecule has 4 aromatic carbocycles. The Balaban J connectivity index is 1.79. The van der Waals surface area contributed by atoms with E-state index in [0.29, 0.717) is 12.5 Å². The van der Waals surface area contributed by atoms with Crippen LogP contribution in [0.25, 0.3) is 21.5 Å². The van der Waals surface area contributed by atoms with Gasteiger partial charge in [-0.3, -0.25) is 0 Å². The van der Waals surface area contributed by atoms with E-state index in [1.165, 1.54) is 27.1 Å². The van der Waals surface area contributed by atoms with Crippen LogP contribution in [0.3, 0.4) is 0 Å². The molecule has 2 atom stereocenters. The van der Waals surface area contributed by atoms with E-state index in [2.05, 4.69) is 92.7 Å². The Morgan fingerprint density at radius 3 is 1.90 bits per heavy atom. The lowest BCUT2D eigenvalue weighted by molar-refractivity contribution is -0.0767. The van der Waals surface area contributed by atoms with Crippen molar-refractivity contribution < 1.29 is 9.47 Å². The molecule has 2 unspecified atom stereocenters. The van der Waals surface area contributed by atoms with Crippen LogP contribution in [0.4, 0.5) is 0 Å². The van der Waals surface area contributed by atoms with Gasteiger partial charge in [-0.05, 0) is 64.6 Å². The Hall–Kier alpha value is -2.84. The van der Waals surface area contributed by atoms with Gasteiger partial charge in [0.05, 0.1) is 0 Å². The predicted molar refractivity (Wildman–Crippen MR) is 122 cm³/mol. The fourth-order valence-corrected chi connectivity index (χ4v) is 3.86. The van der Waals surface area contributed by atoms with Gasteiger partial charge in [-0.15, -0.1) is 0 Å². The molecule has 0 fully saturated rings. The molecule has 2 nitrogen and oxygen atoms in total. The third kappa shape index (κ3) is 3.99. The first-order chi connectivity index (χ1) is 14.2. The average Bonchev–Trinajstić information content (AvgIpc) is 2.77.